The Balaban J connectivity index is 1.15. The molecule has 2 aliphatic rings. The molecule has 14 heteroatoms. The predicted octanol–water partition coefficient (Wildman–Crippen LogP) is 4.52. The lowest BCUT2D eigenvalue weighted by atomic mass is 9.98. The molecule has 1 amide bonds. The largest absolute Gasteiger partial charge is 0.449 e. The molecule has 46 heavy (non-hydrogen) atoms. The third kappa shape index (κ3) is 6.31. The van der Waals surface area contributed by atoms with E-state index in [0.717, 1.165) is 22.3 Å². The van der Waals surface area contributed by atoms with Gasteiger partial charge in [-0.1, -0.05) is 48.5 Å². The van der Waals surface area contributed by atoms with Gasteiger partial charge in [0.05, 0.1) is 18.8 Å². The van der Waals surface area contributed by atoms with E-state index in [-0.39, 0.29) is 42.2 Å². The first-order valence-corrected chi connectivity index (χ1v) is 16.6. The molecule has 3 N–H and O–H groups in total. The minimum atomic E-state index is -2.05. The number of hydrogen-bond donors (Lipinski definition) is 3. The van der Waals surface area contributed by atoms with E-state index >= 15 is 0 Å². The van der Waals surface area contributed by atoms with E-state index < -0.39 is 33.1 Å². The number of aromatic amines is 1. The van der Waals surface area contributed by atoms with Crippen LogP contribution in [0.1, 0.15) is 57.4 Å². The molecule has 1 saturated heterocycles. The summed E-state index contributed by atoms with van der Waals surface area (Å²) < 4.78 is 21.7. The molecule has 0 radical (unpaired) electrons. The molecule has 6 rings (SSSR count). The topological polar surface area (TPSA) is 147 Å². The van der Waals surface area contributed by atoms with E-state index in [1.165, 1.54) is 12.7 Å². The molecular formula is C32H40N7O6P. The van der Waals surface area contributed by atoms with Crippen molar-refractivity contribution in [1.82, 2.24) is 34.6 Å². The van der Waals surface area contributed by atoms with Crippen LogP contribution in [-0.4, -0.2) is 84.8 Å². The fraction of sp³-hybridized carbons (Fsp3) is 0.438. The average Bonchev–Trinajstić information content (AvgIpc) is 3.73. The summed E-state index contributed by atoms with van der Waals surface area (Å²) in [6.45, 7) is 8.46. The number of aromatic nitrogens is 4. The van der Waals surface area contributed by atoms with E-state index in [2.05, 4.69) is 44.5 Å². The van der Waals surface area contributed by atoms with Gasteiger partial charge in [-0.05, 0) is 49.9 Å². The van der Waals surface area contributed by atoms with Crippen molar-refractivity contribution in [3.63, 3.8) is 0 Å². The summed E-state index contributed by atoms with van der Waals surface area (Å²) in [5.41, 5.74) is 4.77. The number of carbonyl (C=O) groups is 1. The summed E-state index contributed by atoms with van der Waals surface area (Å²) in [5.74, 6) is -0.0649. The Kier molecular flexibility index (Phi) is 9.51. The molecule has 0 saturated carbocycles. The van der Waals surface area contributed by atoms with Gasteiger partial charge in [0, 0.05) is 38.0 Å². The Morgan fingerprint density at radius 2 is 1.76 bits per heavy atom. The summed E-state index contributed by atoms with van der Waals surface area (Å²) in [6.07, 6.45) is 0.731. The minimum absolute atomic E-state index is 0.0649. The van der Waals surface area contributed by atoms with E-state index in [1.807, 2.05) is 57.0 Å². The maximum absolute atomic E-state index is 13.0. The molecule has 2 aromatic heterocycles. The van der Waals surface area contributed by atoms with Crippen molar-refractivity contribution in [3.8, 4) is 11.1 Å². The van der Waals surface area contributed by atoms with Crippen LogP contribution >= 0.6 is 8.53 Å². The highest BCUT2D eigenvalue weighted by Gasteiger charge is 2.41. The predicted molar refractivity (Wildman–Crippen MR) is 174 cm³/mol. The average molecular weight is 650 g/mol. The first kappa shape index (κ1) is 32.2. The highest BCUT2D eigenvalue weighted by molar-refractivity contribution is 7.43. The molecule has 244 valence electrons. The van der Waals surface area contributed by atoms with Crippen LogP contribution < -0.4 is 10.9 Å². The van der Waals surface area contributed by atoms with E-state index in [9.17, 15) is 14.5 Å². The van der Waals surface area contributed by atoms with E-state index in [0.29, 0.717) is 12.1 Å². The smallest absolute Gasteiger partial charge is 0.407 e. The van der Waals surface area contributed by atoms with Crippen molar-refractivity contribution in [2.45, 2.75) is 70.6 Å². The Hall–Kier alpha value is -3.71. The maximum Gasteiger partial charge on any atom is 0.407 e. The van der Waals surface area contributed by atoms with E-state index in [4.69, 9.17) is 14.0 Å². The molecular weight excluding hydrogens is 609 g/mol. The fourth-order valence-electron chi connectivity index (χ4n) is 6.61. The van der Waals surface area contributed by atoms with Gasteiger partial charge in [-0.15, -0.1) is 0 Å². The first-order chi connectivity index (χ1) is 22.1. The Morgan fingerprint density at radius 3 is 2.41 bits per heavy atom. The zero-order valence-electron chi connectivity index (χ0n) is 26.5. The lowest BCUT2D eigenvalue weighted by Crippen LogP contribution is -2.46. The van der Waals surface area contributed by atoms with Gasteiger partial charge in [0.25, 0.3) is 14.1 Å². The normalized spacial score (nSPS) is 20.2. The first-order valence-electron chi connectivity index (χ1n) is 15.5. The number of hydrogen-bond acceptors (Lipinski definition) is 10. The second kappa shape index (κ2) is 13.6. The lowest BCUT2D eigenvalue weighted by molar-refractivity contribution is -0.0255. The van der Waals surface area contributed by atoms with Gasteiger partial charge in [-0.25, -0.2) is 19.8 Å². The number of carbonyl (C=O) groups excluding carboxylic acids is 1. The number of imidazole rings is 1. The molecule has 1 fully saturated rings. The number of nitrogens with zero attached hydrogens (tertiary/aromatic N) is 5. The number of alkyl carbamates (subject to hydrolysis) is 1. The number of amides is 1. The van der Waals surface area contributed by atoms with Crippen molar-refractivity contribution in [2.24, 2.45) is 0 Å². The molecule has 1 aliphatic heterocycles. The molecule has 3 heterocycles. The number of rotatable bonds is 11. The number of nitrogens with one attached hydrogen (secondary N) is 2. The monoisotopic (exact) mass is 649 g/mol. The van der Waals surface area contributed by atoms with Crippen molar-refractivity contribution in [1.29, 1.82) is 0 Å². The van der Waals surface area contributed by atoms with Crippen molar-refractivity contribution < 1.29 is 23.7 Å². The van der Waals surface area contributed by atoms with Gasteiger partial charge in [0.15, 0.2) is 11.2 Å². The number of hydrazine groups is 1. The van der Waals surface area contributed by atoms with Crippen LogP contribution in [0.4, 0.5) is 4.79 Å². The molecule has 0 bridgehead atoms. The Labute approximate surface area is 268 Å². The van der Waals surface area contributed by atoms with Crippen LogP contribution in [-0.2, 0) is 14.0 Å². The van der Waals surface area contributed by atoms with Gasteiger partial charge in [0.2, 0.25) is 0 Å². The molecule has 13 nitrogen and oxygen atoms in total. The summed E-state index contributed by atoms with van der Waals surface area (Å²) >= 11 is 0. The standard InChI is InChI=1S/C32H40N7O6P/c1-19(2)39(20(3)4)37(5)46(42)45-26-14-28(38-18-36-29-30(38)34-17-35-31(29)40)44-27(26)15-33-32(41)43-16-25-23-12-8-6-10-21(23)22-11-7-9-13-24(22)25/h6-13,17-20,25-28,42H,14-16H2,1-5H3,(H,33,41)(H,34,35,40)/t26-,27+,28+,46?/m0/s1. The SMILES string of the molecule is CC(C)N(C(C)C)N(C)P(O)O[C@H]1C[C@H](n2cnc3c(=O)[nH]cnc32)O[C@@H]1CNC(=O)OCC1c2ccccc2-c2ccccc21. The molecule has 2 aromatic carbocycles. The van der Waals surface area contributed by atoms with Gasteiger partial charge in [-0.3, -0.25) is 9.36 Å². The molecule has 4 aromatic rings. The van der Waals surface area contributed by atoms with Gasteiger partial charge >= 0.3 is 6.09 Å². The van der Waals surface area contributed by atoms with Crippen LogP contribution in [0.5, 0.6) is 0 Å². The fourth-order valence-corrected chi connectivity index (χ4v) is 7.80. The van der Waals surface area contributed by atoms with Crippen molar-refractivity contribution in [3.05, 3.63) is 82.7 Å². The molecule has 1 unspecified atom stereocenters. The van der Waals surface area contributed by atoms with Gasteiger partial charge < -0.3 is 29.2 Å². The second-order valence-electron chi connectivity index (χ2n) is 12.1. The van der Waals surface area contributed by atoms with Gasteiger partial charge in [0.1, 0.15) is 18.9 Å². The van der Waals surface area contributed by atoms with Crippen LogP contribution in [0.15, 0.2) is 66.0 Å². The maximum atomic E-state index is 13.0. The number of benzene rings is 2. The number of fused-ring (bicyclic) bond motifs is 4. The molecule has 0 spiro atoms. The summed E-state index contributed by atoms with van der Waals surface area (Å²) in [6, 6.07) is 16.6. The zero-order chi connectivity index (χ0) is 32.5. The van der Waals surface area contributed by atoms with Crippen LogP contribution in [0.3, 0.4) is 0 Å². The van der Waals surface area contributed by atoms with Crippen LogP contribution in [0.2, 0.25) is 0 Å². The third-order valence-electron chi connectivity index (χ3n) is 8.52. The highest BCUT2D eigenvalue weighted by atomic mass is 31.2. The number of H-pyrrole nitrogens is 1. The Bertz CT molecular complexity index is 1690. The lowest BCUT2D eigenvalue weighted by Gasteiger charge is -2.40. The summed E-state index contributed by atoms with van der Waals surface area (Å²) in [5, 5.41) is 4.88. The highest BCUT2D eigenvalue weighted by Crippen LogP contribution is 2.45. The van der Waals surface area contributed by atoms with Crippen molar-refractivity contribution in [2.75, 3.05) is 20.2 Å². The summed E-state index contributed by atoms with van der Waals surface area (Å²) in [7, 11) is -0.254. The van der Waals surface area contributed by atoms with Crippen LogP contribution in [0.25, 0.3) is 22.3 Å². The van der Waals surface area contributed by atoms with Crippen LogP contribution in [0, 0.1) is 0 Å². The van der Waals surface area contributed by atoms with E-state index in [1.54, 1.807) is 16.4 Å². The Morgan fingerprint density at radius 1 is 1.11 bits per heavy atom. The van der Waals surface area contributed by atoms with Gasteiger partial charge in [-0.2, -0.15) is 4.78 Å². The zero-order valence-corrected chi connectivity index (χ0v) is 27.4. The quantitative estimate of drug-likeness (QED) is 0.157. The minimum Gasteiger partial charge on any atom is -0.449 e. The summed E-state index contributed by atoms with van der Waals surface area (Å²) in [4.78, 5) is 47.5. The number of ether oxygens (including phenoxy) is 2. The molecule has 4 atom stereocenters. The molecule has 1 aliphatic carbocycles. The third-order valence-corrected chi connectivity index (χ3v) is 9.68. The van der Waals surface area contributed by atoms with Crippen molar-refractivity contribution >= 4 is 25.8 Å². The second-order valence-corrected chi connectivity index (χ2v) is 13.4.